The highest BCUT2D eigenvalue weighted by Crippen LogP contribution is 2.29. The van der Waals surface area contributed by atoms with Crippen LogP contribution in [0, 0.1) is 19.3 Å². The van der Waals surface area contributed by atoms with Gasteiger partial charge in [-0.25, -0.2) is 9.97 Å². The molecule has 0 spiro atoms. The minimum atomic E-state index is 0.211. The number of nitrogen functional groups attached to an aromatic ring is 1. The number of aromatic nitrogens is 3. The summed E-state index contributed by atoms with van der Waals surface area (Å²) in [7, 11) is 0. The molecule has 0 aliphatic carbocycles. The van der Waals surface area contributed by atoms with Gasteiger partial charge >= 0.3 is 0 Å². The molecular formula is C13H20N4. The molecule has 0 unspecified atom stereocenters. The Morgan fingerprint density at radius 2 is 1.88 bits per heavy atom. The van der Waals surface area contributed by atoms with E-state index in [9.17, 15) is 0 Å². The van der Waals surface area contributed by atoms with Crippen molar-refractivity contribution in [3.05, 3.63) is 17.6 Å². The zero-order chi connectivity index (χ0) is 12.8. The highest BCUT2D eigenvalue weighted by atomic mass is 15.1. The van der Waals surface area contributed by atoms with Gasteiger partial charge in [0.15, 0.2) is 0 Å². The van der Waals surface area contributed by atoms with Crippen LogP contribution < -0.4 is 5.73 Å². The molecule has 0 radical (unpaired) electrons. The summed E-state index contributed by atoms with van der Waals surface area (Å²) in [6, 6.07) is 0. The standard InChI is InChI=1S/C13H20N4/c1-8-9(2)17(6-13(3,4)5)12-10(8)11(14)15-7-16-12/h7H,6H2,1-5H3,(H2,14,15,16). The third-order valence-corrected chi connectivity index (χ3v) is 3.07. The van der Waals surface area contributed by atoms with Gasteiger partial charge in [0.2, 0.25) is 0 Å². The van der Waals surface area contributed by atoms with Crippen LogP contribution >= 0.6 is 0 Å². The molecule has 0 fully saturated rings. The first-order valence-corrected chi connectivity index (χ1v) is 5.87. The van der Waals surface area contributed by atoms with E-state index in [0.717, 1.165) is 17.6 Å². The highest BCUT2D eigenvalue weighted by molar-refractivity contribution is 5.90. The summed E-state index contributed by atoms with van der Waals surface area (Å²) in [6.07, 6.45) is 1.54. The van der Waals surface area contributed by atoms with Crippen LogP contribution in [0.15, 0.2) is 6.33 Å². The summed E-state index contributed by atoms with van der Waals surface area (Å²) in [5.74, 6) is 0.572. The zero-order valence-electron chi connectivity index (χ0n) is 11.2. The predicted molar refractivity (Wildman–Crippen MR) is 70.9 cm³/mol. The lowest BCUT2D eigenvalue weighted by atomic mass is 9.97. The maximum atomic E-state index is 5.94. The van der Waals surface area contributed by atoms with Gasteiger partial charge in [-0.3, -0.25) is 0 Å². The summed E-state index contributed by atoms with van der Waals surface area (Å²) < 4.78 is 2.24. The van der Waals surface area contributed by atoms with Gasteiger partial charge in [-0.1, -0.05) is 20.8 Å². The molecule has 4 heteroatoms. The van der Waals surface area contributed by atoms with E-state index in [1.54, 1.807) is 0 Å². The van der Waals surface area contributed by atoms with Crippen LogP contribution in [0.4, 0.5) is 5.82 Å². The average Bonchev–Trinajstić information content (AvgIpc) is 2.43. The fourth-order valence-corrected chi connectivity index (χ4v) is 2.16. The van der Waals surface area contributed by atoms with Crippen LogP contribution in [0.2, 0.25) is 0 Å². The first-order chi connectivity index (χ1) is 7.81. The lowest BCUT2D eigenvalue weighted by Gasteiger charge is -2.20. The van der Waals surface area contributed by atoms with Gasteiger partial charge in [-0.05, 0) is 24.8 Å². The molecule has 0 bridgehead atoms. The minimum Gasteiger partial charge on any atom is -0.383 e. The van der Waals surface area contributed by atoms with Crippen molar-refractivity contribution in [1.82, 2.24) is 14.5 Å². The van der Waals surface area contributed by atoms with E-state index in [1.807, 2.05) is 0 Å². The average molecular weight is 232 g/mol. The van der Waals surface area contributed by atoms with Crippen LogP contribution in [-0.2, 0) is 6.54 Å². The second-order valence-electron chi connectivity index (χ2n) is 5.81. The van der Waals surface area contributed by atoms with Crippen molar-refractivity contribution in [2.24, 2.45) is 5.41 Å². The second kappa shape index (κ2) is 3.72. The van der Waals surface area contributed by atoms with Crippen molar-refractivity contribution < 1.29 is 0 Å². The smallest absolute Gasteiger partial charge is 0.145 e. The van der Waals surface area contributed by atoms with Gasteiger partial charge in [0.05, 0.1) is 5.39 Å². The molecule has 2 N–H and O–H groups in total. The molecule has 0 amide bonds. The van der Waals surface area contributed by atoms with Crippen molar-refractivity contribution in [3.8, 4) is 0 Å². The van der Waals surface area contributed by atoms with E-state index in [1.165, 1.54) is 17.6 Å². The normalized spacial score (nSPS) is 12.3. The van der Waals surface area contributed by atoms with Crippen molar-refractivity contribution in [1.29, 1.82) is 0 Å². The largest absolute Gasteiger partial charge is 0.383 e. The Hall–Kier alpha value is -1.58. The third-order valence-electron chi connectivity index (χ3n) is 3.07. The highest BCUT2D eigenvalue weighted by Gasteiger charge is 2.19. The van der Waals surface area contributed by atoms with Gasteiger partial charge in [-0.2, -0.15) is 0 Å². The van der Waals surface area contributed by atoms with E-state index >= 15 is 0 Å². The Kier molecular flexibility index (Phi) is 2.60. The number of rotatable bonds is 1. The third kappa shape index (κ3) is 1.99. The topological polar surface area (TPSA) is 56.7 Å². The lowest BCUT2D eigenvalue weighted by molar-refractivity contribution is 0.345. The molecule has 0 saturated heterocycles. The van der Waals surface area contributed by atoms with E-state index < -0.39 is 0 Å². The molecule has 0 atom stereocenters. The Morgan fingerprint density at radius 1 is 1.24 bits per heavy atom. The Bertz CT molecular complexity index is 561. The van der Waals surface area contributed by atoms with Crippen LogP contribution in [0.1, 0.15) is 32.0 Å². The molecular weight excluding hydrogens is 212 g/mol. The Balaban J connectivity index is 2.72. The second-order valence-corrected chi connectivity index (χ2v) is 5.81. The number of nitrogens with two attached hydrogens (primary N) is 1. The lowest BCUT2D eigenvalue weighted by Crippen LogP contribution is -2.16. The predicted octanol–water partition coefficient (Wildman–Crippen LogP) is 2.68. The summed E-state index contributed by atoms with van der Waals surface area (Å²) >= 11 is 0. The van der Waals surface area contributed by atoms with E-state index in [-0.39, 0.29) is 5.41 Å². The monoisotopic (exact) mass is 232 g/mol. The van der Waals surface area contributed by atoms with Crippen LogP contribution in [0.25, 0.3) is 11.0 Å². The Labute approximate surface area is 102 Å². The molecule has 2 aromatic heterocycles. The first-order valence-electron chi connectivity index (χ1n) is 5.87. The van der Waals surface area contributed by atoms with Crippen molar-refractivity contribution >= 4 is 16.9 Å². The van der Waals surface area contributed by atoms with Crippen LogP contribution in [-0.4, -0.2) is 14.5 Å². The first kappa shape index (κ1) is 11.9. The molecule has 2 aromatic rings. The van der Waals surface area contributed by atoms with Gasteiger partial charge in [-0.15, -0.1) is 0 Å². The quantitative estimate of drug-likeness (QED) is 0.822. The summed E-state index contributed by atoms with van der Waals surface area (Å²) in [5.41, 5.74) is 9.50. The van der Waals surface area contributed by atoms with Crippen LogP contribution in [0.5, 0.6) is 0 Å². The van der Waals surface area contributed by atoms with Crippen molar-refractivity contribution in [2.75, 3.05) is 5.73 Å². The summed E-state index contributed by atoms with van der Waals surface area (Å²) in [4.78, 5) is 8.45. The molecule has 17 heavy (non-hydrogen) atoms. The Morgan fingerprint density at radius 3 is 2.47 bits per heavy atom. The summed E-state index contributed by atoms with van der Waals surface area (Å²) in [5, 5.41) is 0.995. The molecule has 0 saturated carbocycles. The fourth-order valence-electron chi connectivity index (χ4n) is 2.16. The maximum absolute atomic E-state index is 5.94. The maximum Gasteiger partial charge on any atom is 0.145 e. The number of aryl methyl sites for hydroxylation is 1. The molecule has 2 heterocycles. The molecule has 0 aliphatic rings. The zero-order valence-corrected chi connectivity index (χ0v) is 11.2. The molecule has 0 aromatic carbocycles. The summed E-state index contributed by atoms with van der Waals surface area (Å²) in [6.45, 7) is 11.8. The van der Waals surface area contributed by atoms with Gasteiger partial charge < -0.3 is 10.3 Å². The number of fused-ring (bicyclic) bond motifs is 1. The van der Waals surface area contributed by atoms with E-state index in [0.29, 0.717) is 5.82 Å². The molecule has 4 nitrogen and oxygen atoms in total. The number of nitrogens with zero attached hydrogens (tertiary/aromatic N) is 3. The molecule has 92 valence electrons. The van der Waals surface area contributed by atoms with Gasteiger partial charge in [0, 0.05) is 12.2 Å². The molecule has 2 rings (SSSR count). The van der Waals surface area contributed by atoms with Gasteiger partial charge in [0.25, 0.3) is 0 Å². The SMILES string of the molecule is Cc1c(C)n(CC(C)(C)C)c2ncnc(N)c12. The number of hydrogen-bond acceptors (Lipinski definition) is 3. The minimum absolute atomic E-state index is 0.211. The van der Waals surface area contributed by atoms with Crippen molar-refractivity contribution in [2.45, 2.75) is 41.2 Å². The molecule has 0 aliphatic heterocycles. The van der Waals surface area contributed by atoms with Crippen LogP contribution in [0.3, 0.4) is 0 Å². The number of anilines is 1. The van der Waals surface area contributed by atoms with E-state index in [2.05, 4.69) is 49.2 Å². The fraction of sp³-hybridized carbons (Fsp3) is 0.538. The van der Waals surface area contributed by atoms with Gasteiger partial charge in [0.1, 0.15) is 17.8 Å². The van der Waals surface area contributed by atoms with E-state index in [4.69, 9.17) is 5.73 Å². The number of hydrogen-bond donors (Lipinski definition) is 1. The van der Waals surface area contributed by atoms with Crippen molar-refractivity contribution in [3.63, 3.8) is 0 Å².